The van der Waals surface area contributed by atoms with Crippen molar-refractivity contribution in [3.8, 4) is 23.1 Å². The molecule has 0 saturated heterocycles. The second-order valence-electron chi connectivity index (χ2n) is 6.64. The summed E-state index contributed by atoms with van der Waals surface area (Å²) in [6, 6.07) is 9.10. The number of thiazole rings is 1. The quantitative estimate of drug-likeness (QED) is 0.498. The molecule has 0 aliphatic carbocycles. The maximum atomic E-state index is 12.7. The topological polar surface area (TPSA) is 78.9 Å². The number of rotatable bonds is 6. The van der Waals surface area contributed by atoms with E-state index in [4.69, 9.17) is 13.9 Å². The number of hydrogen-bond acceptors (Lipinski definition) is 7. The average molecular weight is 397 g/mol. The van der Waals surface area contributed by atoms with Gasteiger partial charge in [-0.2, -0.15) is 9.50 Å². The monoisotopic (exact) mass is 397 g/mol. The van der Waals surface area contributed by atoms with Crippen LogP contribution in [0.4, 0.5) is 0 Å². The smallest absolute Gasteiger partial charge is 0.291 e. The van der Waals surface area contributed by atoms with Gasteiger partial charge in [-0.25, -0.2) is 0 Å². The van der Waals surface area contributed by atoms with Gasteiger partial charge in [-0.05, 0) is 41.8 Å². The molecule has 0 unspecified atom stereocenters. The lowest BCUT2D eigenvalue weighted by atomic mass is 10.2. The molecule has 8 heteroatoms. The van der Waals surface area contributed by atoms with Crippen molar-refractivity contribution in [2.45, 2.75) is 13.8 Å². The summed E-state index contributed by atoms with van der Waals surface area (Å²) in [5, 5.41) is 4.25. The molecule has 144 valence electrons. The van der Waals surface area contributed by atoms with Crippen molar-refractivity contribution in [2.75, 3.05) is 13.7 Å². The number of hydrogen-bond donors (Lipinski definition) is 0. The summed E-state index contributed by atoms with van der Waals surface area (Å²) < 4.78 is 18.3. The van der Waals surface area contributed by atoms with Crippen LogP contribution in [0.1, 0.15) is 19.4 Å². The molecule has 0 spiro atoms. The molecular formula is C20H19N3O4S. The molecule has 4 rings (SSSR count). The minimum absolute atomic E-state index is 0.218. The lowest BCUT2D eigenvalue weighted by molar-refractivity contribution is 0.257. The number of furan rings is 1. The second-order valence-corrected chi connectivity index (χ2v) is 7.65. The van der Waals surface area contributed by atoms with Crippen molar-refractivity contribution in [3.63, 3.8) is 0 Å². The zero-order valence-electron chi connectivity index (χ0n) is 15.7. The number of ether oxygens (including phenoxy) is 2. The van der Waals surface area contributed by atoms with Crippen LogP contribution in [0.5, 0.6) is 11.5 Å². The predicted molar refractivity (Wildman–Crippen MR) is 107 cm³/mol. The van der Waals surface area contributed by atoms with Crippen LogP contribution in [-0.4, -0.2) is 28.3 Å². The fraction of sp³-hybridized carbons (Fsp3) is 0.250. The first kappa shape index (κ1) is 18.2. The Morgan fingerprint density at radius 2 is 2.14 bits per heavy atom. The van der Waals surface area contributed by atoms with Gasteiger partial charge in [0.05, 0.1) is 24.5 Å². The van der Waals surface area contributed by atoms with Crippen LogP contribution in [0, 0.1) is 5.92 Å². The third-order valence-corrected chi connectivity index (χ3v) is 4.94. The minimum atomic E-state index is -0.218. The molecule has 0 aliphatic heterocycles. The SMILES string of the molecule is COc1cc(C=c2sc3nc(-c4ccco4)nn3c2=O)ccc1OCC(C)C. The Bertz CT molecular complexity index is 1210. The molecule has 7 nitrogen and oxygen atoms in total. The molecule has 0 amide bonds. The summed E-state index contributed by atoms with van der Waals surface area (Å²) >= 11 is 1.28. The van der Waals surface area contributed by atoms with Crippen molar-refractivity contribution >= 4 is 22.4 Å². The van der Waals surface area contributed by atoms with Gasteiger partial charge in [-0.1, -0.05) is 31.3 Å². The lowest BCUT2D eigenvalue weighted by Gasteiger charge is -2.12. The second kappa shape index (κ2) is 7.47. The summed E-state index contributed by atoms with van der Waals surface area (Å²) in [6.45, 7) is 4.78. The molecule has 0 saturated carbocycles. The first-order valence-electron chi connectivity index (χ1n) is 8.81. The largest absolute Gasteiger partial charge is 0.493 e. The van der Waals surface area contributed by atoms with E-state index in [9.17, 15) is 4.79 Å². The van der Waals surface area contributed by atoms with Crippen LogP contribution >= 0.6 is 11.3 Å². The van der Waals surface area contributed by atoms with Crippen molar-refractivity contribution in [1.29, 1.82) is 0 Å². The molecule has 1 aromatic carbocycles. The molecule has 0 radical (unpaired) electrons. The highest BCUT2D eigenvalue weighted by Crippen LogP contribution is 2.28. The van der Waals surface area contributed by atoms with E-state index in [2.05, 4.69) is 23.9 Å². The number of methoxy groups -OCH3 is 1. The molecule has 0 fully saturated rings. The fourth-order valence-corrected chi connectivity index (χ4v) is 3.55. The standard InChI is InChI=1S/C20H19N3O4S/c1-12(2)11-27-14-7-6-13(9-16(14)25-3)10-17-19(24)23-20(28-17)21-18(22-23)15-5-4-8-26-15/h4-10,12H,11H2,1-3H3. The first-order valence-corrected chi connectivity index (χ1v) is 9.63. The summed E-state index contributed by atoms with van der Waals surface area (Å²) in [6.07, 6.45) is 3.34. The summed E-state index contributed by atoms with van der Waals surface area (Å²) in [7, 11) is 1.60. The molecule has 4 aromatic rings. The molecule has 0 bridgehead atoms. The number of fused-ring (bicyclic) bond motifs is 1. The van der Waals surface area contributed by atoms with Gasteiger partial charge in [-0.15, -0.1) is 5.10 Å². The van der Waals surface area contributed by atoms with E-state index in [0.717, 1.165) is 5.56 Å². The Morgan fingerprint density at radius 3 is 2.82 bits per heavy atom. The summed E-state index contributed by atoms with van der Waals surface area (Å²) in [5.74, 6) is 2.65. The van der Waals surface area contributed by atoms with Crippen LogP contribution in [0.2, 0.25) is 0 Å². The predicted octanol–water partition coefficient (Wildman–Crippen LogP) is 3.00. The Hall–Kier alpha value is -3.13. The number of nitrogens with zero attached hydrogens (tertiary/aromatic N) is 3. The zero-order chi connectivity index (χ0) is 19.7. The van der Waals surface area contributed by atoms with E-state index < -0.39 is 0 Å². The van der Waals surface area contributed by atoms with Gasteiger partial charge in [0.25, 0.3) is 5.56 Å². The van der Waals surface area contributed by atoms with E-state index in [1.54, 1.807) is 31.6 Å². The van der Waals surface area contributed by atoms with Crippen LogP contribution in [-0.2, 0) is 0 Å². The molecular weight excluding hydrogens is 378 g/mol. The minimum Gasteiger partial charge on any atom is -0.493 e. The van der Waals surface area contributed by atoms with Gasteiger partial charge in [-0.3, -0.25) is 4.79 Å². The molecule has 0 N–H and O–H groups in total. The van der Waals surface area contributed by atoms with Crippen LogP contribution in [0.25, 0.3) is 22.6 Å². The third kappa shape index (κ3) is 3.50. The van der Waals surface area contributed by atoms with Crippen LogP contribution < -0.4 is 19.6 Å². The Balaban J connectivity index is 1.68. The van der Waals surface area contributed by atoms with Gasteiger partial charge < -0.3 is 13.9 Å². The van der Waals surface area contributed by atoms with Gasteiger partial charge in [0.15, 0.2) is 17.3 Å². The zero-order valence-corrected chi connectivity index (χ0v) is 16.5. The van der Waals surface area contributed by atoms with Gasteiger partial charge in [0.1, 0.15) is 0 Å². The molecule has 0 atom stereocenters. The Labute approximate surface area is 164 Å². The van der Waals surface area contributed by atoms with Gasteiger partial charge >= 0.3 is 0 Å². The average Bonchev–Trinajstić information content (AvgIpc) is 3.39. The highest BCUT2D eigenvalue weighted by atomic mass is 32.1. The fourth-order valence-electron chi connectivity index (χ4n) is 2.64. The van der Waals surface area contributed by atoms with Gasteiger partial charge in [0, 0.05) is 0 Å². The summed E-state index contributed by atoms with van der Waals surface area (Å²) in [4.78, 5) is 17.6. The van der Waals surface area contributed by atoms with Crippen molar-refractivity contribution in [2.24, 2.45) is 5.92 Å². The maximum absolute atomic E-state index is 12.7. The molecule has 28 heavy (non-hydrogen) atoms. The molecule has 0 aliphatic rings. The maximum Gasteiger partial charge on any atom is 0.291 e. The van der Waals surface area contributed by atoms with E-state index in [1.165, 1.54) is 15.9 Å². The van der Waals surface area contributed by atoms with E-state index >= 15 is 0 Å². The van der Waals surface area contributed by atoms with Crippen molar-refractivity contribution in [1.82, 2.24) is 14.6 Å². The van der Waals surface area contributed by atoms with Crippen LogP contribution in [0.15, 0.2) is 45.8 Å². The highest BCUT2D eigenvalue weighted by molar-refractivity contribution is 7.15. The van der Waals surface area contributed by atoms with Crippen molar-refractivity contribution in [3.05, 3.63) is 57.0 Å². The normalized spacial score (nSPS) is 12.2. The van der Waals surface area contributed by atoms with E-state index in [-0.39, 0.29) is 5.56 Å². The Kier molecular flexibility index (Phi) is 4.87. The van der Waals surface area contributed by atoms with Crippen LogP contribution in [0.3, 0.4) is 0 Å². The van der Waals surface area contributed by atoms with E-state index in [0.29, 0.717) is 45.1 Å². The van der Waals surface area contributed by atoms with E-state index in [1.807, 2.05) is 18.2 Å². The van der Waals surface area contributed by atoms with Crippen molar-refractivity contribution < 1.29 is 13.9 Å². The number of benzene rings is 1. The van der Waals surface area contributed by atoms with Gasteiger partial charge in [0.2, 0.25) is 10.8 Å². The summed E-state index contributed by atoms with van der Waals surface area (Å²) in [5.41, 5.74) is 0.617. The third-order valence-electron chi connectivity index (χ3n) is 3.98. The molecule has 3 aromatic heterocycles. The molecule has 3 heterocycles. The first-order chi connectivity index (χ1) is 13.5. The highest BCUT2D eigenvalue weighted by Gasteiger charge is 2.14. The number of aromatic nitrogens is 3. The lowest BCUT2D eigenvalue weighted by Crippen LogP contribution is -2.23. The Morgan fingerprint density at radius 1 is 1.29 bits per heavy atom.